The number of ether oxygens (including phenoxy) is 1. The van der Waals surface area contributed by atoms with Gasteiger partial charge in [0.25, 0.3) is 0 Å². The minimum Gasteiger partial charge on any atom is -0.457 e. The van der Waals surface area contributed by atoms with Crippen molar-refractivity contribution in [3.63, 3.8) is 0 Å². The normalized spacial score (nSPS) is 10.7. The summed E-state index contributed by atoms with van der Waals surface area (Å²) < 4.78 is 6.17. The maximum atomic E-state index is 11.3. The summed E-state index contributed by atoms with van der Waals surface area (Å²) in [4.78, 5) is 12.7. The number of carbonyl (C=O) groups excluding carboxylic acids is 1. The highest BCUT2D eigenvalue weighted by Crippen LogP contribution is 2.35. The first-order valence-electron chi connectivity index (χ1n) is 10.0. The second-order valence-electron chi connectivity index (χ2n) is 6.97. The molecule has 3 N–H and O–H groups in total. The van der Waals surface area contributed by atoms with Crippen LogP contribution in [0, 0.1) is 6.92 Å². The lowest BCUT2D eigenvalue weighted by Gasteiger charge is -2.21. The van der Waals surface area contributed by atoms with E-state index < -0.39 is 5.91 Å². The van der Waals surface area contributed by atoms with Crippen LogP contribution in [0.5, 0.6) is 11.5 Å². The van der Waals surface area contributed by atoms with Gasteiger partial charge in [-0.15, -0.1) is 11.3 Å². The third kappa shape index (κ3) is 4.98. The predicted molar refractivity (Wildman–Crippen MR) is 121 cm³/mol. The standard InChI is InChI=1S/C24H28N2O2S/c1-4-17-15-22(28-19-10-8-18(9-11-19)24(25)27)16(3)21(5-2)23(17)26-13-12-20-7-6-14-29-20/h6-11,14-15,26H,4-5,12-13H2,1-3H3,(H2,25,27). The number of nitrogens with one attached hydrogen (secondary N) is 1. The Labute approximate surface area is 176 Å². The minimum atomic E-state index is -0.438. The SMILES string of the molecule is CCc1cc(Oc2ccc(C(N)=O)cc2)c(C)c(CC)c1NCCc1cccs1. The van der Waals surface area contributed by atoms with Crippen molar-refractivity contribution >= 4 is 22.9 Å². The Kier molecular flexibility index (Phi) is 6.94. The van der Waals surface area contributed by atoms with Crippen LogP contribution in [0.15, 0.2) is 47.8 Å². The molecule has 2 aromatic carbocycles. The van der Waals surface area contributed by atoms with E-state index in [2.05, 4.69) is 49.7 Å². The van der Waals surface area contributed by atoms with Crippen LogP contribution < -0.4 is 15.8 Å². The zero-order valence-electron chi connectivity index (χ0n) is 17.2. The fourth-order valence-electron chi connectivity index (χ4n) is 3.50. The summed E-state index contributed by atoms with van der Waals surface area (Å²) in [5.41, 5.74) is 10.7. The van der Waals surface area contributed by atoms with Gasteiger partial charge in [0.05, 0.1) is 0 Å². The van der Waals surface area contributed by atoms with Crippen LogP contribution in [-0.2, 0) is 19.3 Å². The van der Waals surface area contributed by atoms with Crippen molar-refractivity contribution in [2.24, 2.45) is 5.73 Å². The highest BCUT2D eigenvalue weighted by Gasteiger charge is 2.15. The van der Waals surface area contributed by atoms with E-state index in [-0.39, 0.29) is 0 Å². The Hall–Kier alpha value is -2.79. The van der Waals surface area contributed by atoms with Gasteiger partial charge in [-0.25, -0.2) is 0 Å². The number of thiophene rings is 1. The van der Waals surface area contributed by atoms with E-state index in [4.69, 9.17) is 10.5 Å². The van der Waals surface area contributed by atoms with Crippen LogP contribution in [0.4, 0.5) is 5.69 Å². The number of carbonyl (C=O) groups is 1. The molecule has 1 amide bonds. The average molecular weight is 409 g/mol. The van der Waals surface area contributed by atoms with Gasteiger partial charge in [-0.2, -0.15) is 0 Å². The third-order valence-electron chi connectivity index (χ3n) is 5.10. The van der Waals surface area contributed by atoms with Gasteiger partial charge in [0.15, 0.2) is 0 Å². The van der Waals surface area contributed by atoms with E-state index in [1.165, 1.54) is 21.7 Å². The van der Waals surface area contributed by atoms with Crippen molar-refractivity contribution < 1.29 is 9.53 Å². The summed E-state index contributed by atoms with van der Waals surface area (Å²) >= 11 is 1.80. The van der Waals surface area contributed by atoms with Gasteiger partial charge in [0.2, 0.25) is 5.91 Å². The first-order valence-corrected chi connectivity index (χ1v) is 10.9. The van der Waals surface area contributed by atoms with Crippen molar-refractivity contribution in [2.45, 2.75) is 40.0 Å². The largest absolute Gasteiger partial charge is 0.457 e. The Morgan fingerprint density at radius 1 is 1.14 bits per heavy atom. The fraction of sp³-hybridized carbons (Fsp3) is 0.292. The monoisotopic (exact) mass is 408 g/mol. The highest BCUT2D eigenvalue weighted by molar-refractivity contribution is 7.09. The lowest BCUT2D eigenvalue weighted by Crippen LogP contribution is -2.11. The Balaban J connectivity index is 1.83. The number of hydrogen-bond donors (Lipinski definition) is 2. The van der Waals surface area contributed by atoms with Gasteiger partial charge in [-0.05, 0) is 84.7 Å². The molecule has 1 aromatic heterocycles. The van der Waals surface area contributed by atoms with E-state index in [1.54, 1.807) is 35.6 Å². The highest BCUT2D eigenvalue weighted by atomic mass is 32.1. The number of benzene rings is 2. The molecule has 0 fully saturated rings. The lowest BCUT2D eigenvalue weighted by molar-refractivity contribution is 0.100. The van der Waals surface area contributed by atoms with Crippen molar-refractivity contribution in [1.82, 2.24) is 0 Å². The van der Waals surface area contributed by atoms with Gasteiger partial charge in [-0.3, -0.25) is 4.79 Å². The van der Waals surface area contributed by atoms with Crippen LogP contribution in [0.1, 0.15) is 45.8 Å². The molecule has 0 spiro atoms. The van der Waals surface area contributed by atoms with Crippen molar-refractivity contribution in [2.75, 3.05) is 11.9 Å². The second kappa shape index (κ2) is 9.61. The number of amides is 1. The molecule has 0 bridgehead atoms. The molecule has 152 valence electrons. The van der Waals surface area contributed by atoms with Gasteiger partial charge in [0.1, 0.15) is 11.5 Å². The number of rotatable bonds is 9. The molecule has 0 aliphatic rings. The van der Waals surface area contributed by atoms with E-state index in [0.717, 1.165) is 37.1 Å². The van der Waals surface area contributed by atoms with E-state index in [0.29, 0.717) is 11.3 Å². The molecule has 5 heteroatoms. The molecular formula is C24H28N2O2S. The molecule has 0 saturated carbocycles. The van der Waals surface area contributed by atoms with Crippen molar-refractivity contribution in [3.05, 3.63) is 75.0 Å². The number of hydrogen-bond acceptors (Lipinski definition) is 4. The van der Waals surface area contributed by atoms with Crippen LogP contribution in [0.3, 0.4) is 0 Å². The van der Waals surface area contributed by atoms with Gasteiger partial charge in [-0.1, -0.05) is 19.9 Å². The molecule has 0 aliphatic heterocycles. The van der Waals surface area contributed by atoms with Gasteiger partial charge in [0, 0.05) is 22.7 Å². The molecule has 1 heterocycles. The minimum absolute atomic E-state index is 0.438. The Bertz CT molecular complexity index is 964. The summed E-state index contributed by atoms with van der Waals surface area (Å²) in [6, 6.07) is 13.3. The summed E-state index contributed by atoms with van der Waals surface area (Å²) in [6.07, 6.45) is 2.87. The van der Waals surface area contributed by atoms with Crippen LogP contribution >= 0.6 is 11.3 Å². The maximum Gasteiger partial charge on any atom is 0.248 e. The third-order valence-corrected chi connectivity index (χ3v) is 6.04. The maximum absolute atomic E-state index is 11.3. The van der Waals surface area contributed by atoms with E-state index in [1.807, 2.05) is 0 Å². The lowest BCUT2D eigenvalue weighted by atomic mass is 9.96. The molecule has 0 unspecified atom stereocenters. The molecule has 0 saturated heterocycles. The second-order valence-corrected chi connectivity index (χ2v) is 8.00. The molecule has 4 nitrogen and oxygen atoms in total. The molecule has 29 heavy (non-hydrogen) atoms. The summed E-state index contributed by atoms with van der Waals surface area (Å²) in [5.74, 6) is 1.11. The number of nitrogens with two attached hydrogens (primary N) is 1. The predicted octanol–water partition coefficient (Wildman–Crippen LogP) is 5.73. The molecule has 0 aliphatic carbocycles. The number of primary amides is 1. The fourth-order valence-corrected chi connectivity index (χ4v) is 4.20. The average Bonchev–Trinajstić information content (AvgIpc) is 3.24. The topological polar surface area (TPSA) is 64.3 Å². The molecular weight excluding hydrogens is 380 g/mol. The first-order chi connectivity index (χ1) is 14.0. The van der Waals surface area contributed by atoms with Crippen LogP contribution in [0.2, 0.25) is 0 Å². The van der Waals surface area contributed by atoms with Crippen molar-refractivity contribution in [1.29, 1.82) is 0 Å². The number of anilines is 1. The quantitative estimate of drug-likeness (QED) is 0.475. The zero-order chi connectivity index (χ0) is 20.8. The first kappa shape index (κ1) is 20.9. The zero-order valence-corrected chi connectivity index (χ0v) is 18.1. The number of aryl methyl sites for hydroxylation is 1. The molecule has 3 aromatic rings. The van der Waals surface area contributed by atoms with Crippen LogP contribution in [-0.4, -0.2) is 12.5 Å². The molecule has 0 atom stereocenters. The van der Waals surface area contributed by atoms with E-state index in [9.17, 15) is 4.79 Å². The summed E-state index contributed by atoms with van der Waals surface area (Å²) in [5, 5.41) is 5.80. The van der Waals surface area contributed by atoms with Gasteiger partial charge >= 0.3 is 0 Å². The van der Waals surface area contributed by atoms with Crippen LogP contribution in [0.25, 0.3) is 0 Å². The summed E-state index contributed by atoms with van der Waals surface area (Å²) in [7, 11) is 0. The van der Waals surface area contributed by atoms with Gasteiger partial charge < -0.3 is 15.8 Å². The Morgan fingerprint density at radius 3 is 2.48 bits per heavy atom. The molecule has 3 rings (SSSR count). The Morgan fingerprint density at radius 2 is 1.90 bits per heavy atom. The molecule has 0 radical (unpaired) electrons. The van der Waals surface area contributed by atoms with Crippen molar-refractivity contribution in [3.8, 4) is 11.5 Å². The summed E-state index contributed by atoms with van der Waals surface area (Å²) in [6.45, 7) is 7.36. The smallest absolute Gasteiger partial charge is 0.248 e. The van der Waals surface area contributed by atoms with E-state index >= 15 is 0 Å².